The molecule has 0 saturated heterocycles. The summed E-state index contributed by atoms with van der Waals surface area (Å²) in [5.74, 6) is -0.347. The van der Waals surface area contributed by atoms with Crippen LogP contribution in [0.1, 0.15) is 17.9 Å². The maximum atomic E-state index is 12.1. The first-order valence-electron chi connectivity index (χ1n) is 9.17. The Bertz CT molecular complexity index is 1290. The highest BCUT2D eigenvalue weighted by Crippen LogP contribution is 2.30. The Labute approximate surface area is 170 Å². The van der Waals surface area contributed by atoms with Crippen LogP contribution in [0.25, 0.3) is 27.6 Å². The van der Waals surface area contributed by atoms with Crippen molar-refractivity contribution in [2.75, 3.05) is 6.26 Å². The fraction of sp³-hybridized carbons (Fsp3) is 0.130. The molecule has 0 aliphatic carbocycles. The van der Waals surface area contributed by atoms with E-state index in [1.54, 1.807) is 17.7 Å². The molecule has 0 bridgehead atoms. The molecule has 29 heavy (non-hydrogen) atoms. The van der Waals surface area contributed by atoms with Crippen molar-refractivity contribution in [3.8, 4) is 22.6 Å². The van der Waals surface area contributed by atoms with Crippen molar-refractivity contribution >= 4 is 21.6 Å². The van der Waals surface area contributed by atoms with Gasteiger partial charge in [-0.2, -0.15) is 0 Å². The van der Waals surface area contributed by atoms with E-state index < -0.39 is 16.2 Å². The van der Waals surface area contributed by atoms with Gasteiger partial charge >= 0.3 is 0 Å². The Balaban J connectivity index is 1.92. The van der Waals surface area contributed by atoms with Gasteiger partial charge in [-0.3, -0.25) is 14.0 Å². The molecule has 2 atom stereocenters. The third-order valence-corrected chi connectivity index (χ3v) is 6.32. The van der Waals surface area contributed by atoms with Crippen molar-refractivity contribution in [2.24, 2.45) is 0 Å². The smallest absolute Gasteiger partial charge is 0.223 e. The number of fused-ring (bicyclic) bond motifs is 1. The van der Waals surface area contributed by atoms with Crippen molar-refractivity contribution in [3.63, 3.8) is 0 Å². The van der Waals surface area contributed by atoms with Gasteiger partial charge in [-0.05, 0) is 30.0 Å². The highest BCUT2D eigenvalue weighted by molar-refractivity contribution is 7.84. The van der Waals surface area contributed by atoms with E-state index in [4.69, 9.17) is 0 Å². The van der Waals surface area contributed by atoms with Crippen LogP contribution in [0.15, 0.2) is 78.0 Å². The molecule has 146 valence electrons. The van der Waals surface area contributed by atoms with Crippen LogP contribution in [-0.2, 0) is 10.8 Å². The summed E-state index contributed by atoms with van der Waals surface area (Å²) >= 11 is 0. The van der Waals surface area contributed by atoms with Crippen LogP contribution in [0, 0.1) is 0 Å². The normalized spacial score (nSPS) is 13.3. The maximum absolute atomic E-state index is 12.1. The summed E-state index contributed by atoms with van der Waals surface area (Å²) in [6.45, 7) is 1.80. The van der Waals surface area contributed by atoms with Gasteiger partial charge < -0.3 is 9.67 Å². The summed E-state index contributed by atoms with van der Waals surface area (Å²) in [5, 5.41) is 11.8. The Hall–Kier alpha value is -3.25. The number of nitrogens with zero attached hydrogens (tertiary/aromatic N) is 2. The molecule has 2 heterocycles. The van der Waals surface area contributed by atoms with E-state index in [9.17, 15) is 14.1 Å². The largest absolute Gasteiger partial charge is 0.503 e. The lowest BCUT2D eigenvalue weighted by Gasteiger charge is -2.18. The summed E-state index contributed by atoms with van der Waals surface area (Å²) in [6.07, 6.45) is 6.65. The molecule has 5 nitrogen and oxygen atoms in total. The lowest BCUT2D eigenvalue weighted by atomic mass is 10.0. The molecule has 0 aliphatic heterocycles. The van der Waals surface area contributed by atoms with Gasteiger partial charge in [0, 0.05) is 57.8 Å². The minimum absolute atomic E-state index is 0.347. The molecular formula is C23H20N2O3S. The van der Waals surface area contributed by atoms with Gasteiger partial charge in [-0.1, -0.05) is 36.4 Å². The summed E-state index contributed by atoms with van der Waals surface area (Å²) in [5.41, 5.74) is 2.81. The zero-order valence-electron chi connectivity index (χ0n) is 16.1. The number of hydrogen-bond donors (Lipinski definition) is 1. The number of rotatable bonds is 4. The minimum Gasteiger partial charge on any atom is -0.503 e. The second kappa shape index (κ2) is 7.64. The van der Waals surface area contributed by atoms with E-state index in [2.05, 4.69) is 11.1 Å². The average Bonchev–Trinajstić information content (AvgIpc) is 2.74. The molecule has 2 aromatic carbocycles. The van der Waals surface area contributed by atoms with Crippen LogP contribution in [0.5, 0.6) is 5.75 Å². The standard InChI is InChI=1S/C23H20N2O3S/c1-15(29(2)28)21-11-22(26)23(27)14-25(21)18-8-5-7-16(10-18)20-13-24-12-17-6-3-4-9-19(17)20/h3-15,27H,1-2H3. The molecule has 0 spiro atoms. The predicted octanol–water partition coefficient (Wildman–Crippen LogP) is 4.20. The number of aromatic hydroxyl groups is 1. The summed E-state index contributed by atoms with van der Waals surface area (Å²) in [6, 6.07) is 17.2. The lowest BCUT2D eigenvalue weighted by Crippen LogP contribution is -2.15. The van der Waals surface area contributed by atoms with Gasteiger partial charge in [0.15, 0.2) is 5.75 Å². The van der Waals surface area contributed by atoms with E-state index in [1.165, 1.54) is 12.3 Å². The van der Waals surface area contributed by atoms with Crippen molar-refractivity contribution in [1.82, 2.24) is 9.55 Å². The lowest BCUT2D eigenvalue weighted by molar-refractivity contribution is 0.464. The molecule has 0 fully saturated rings. The minimum atomic E-state index is -1.17. The summed E-state index contributed by atoms with van der Waals surface area (Å²) < 4.78 is 13.8. The van der Waals surface area contributed by atoms with Crippen LogP contribution >= 0.6 is 0 Å². The second-order valence-corrected chi connectivity index (χ2v) is 8.62. The van der Waals surface area contributed by atoms with E-state index in [0.717, 1.165) is 27.6 Å². The first-order valence-corrected chi connectivity index (χ1v) is 10.8. The highest BCUT2D eigenvalue weighted by atomic mass is 32.2. The van der Waals surface area contributed by atoms with E-state index in [0.29, 0.717) is 5.69 Å². The molecule has 6 heteroatoms. The van der Waals surface area contributed by atoms with Crippen molar-refractivity contribution in [1.29, 1.82) is 0 Å². The van der Waals surface area contributed by atoms with Gasteiger partial charge in [0.2, 0.25) is 5.43 Å². The first-order chi connectivity index (χ1) is 14.0. The summed E-state index contributed by atoms with van der Waals surface area (Å²) in [4.78, 5) is 16.4. The molecule has 2 unspecified atom stereocenters. The Morgan fingerprint density at radius 3 is 2.66 bits per heavy atom. The Kier molecular flexibility index (Phi) is 5.03. The van der Waals surface area contributed by atoms with Gasteiger partial charge in [-0.15, -0.1) is 0 Å². The molecule has 0 saturated carbocycles. The van der Waals surface area contributed by atoms with E-state index in [1.807, 2.05) is 54.9 Å². The molecular weight excluding hydrogens is 384 g/mol. The monoisotopic (exact) mass is 404 g/mol. The fourth-order valence-electron chi connectivity index (χ4n) is 3.41. The van der Waals surface area contributed by atoms with E-state index in [-0.39, 0.29) is 11.0 Å². The number of benzene rings is 2. The number of pyridine rings is 2. The zero-order chi connectivity index (χ0) is 20.5. The molecule has 0 radical (unpaired) electrons. The fourth-order valence-corrected chi connectivity index (χ4v) is 3.94. The molecule has 2 aromatic heterocycles. The van der Waals surface area contributed by atoms with Gasteiger partial charge in [0.25, 0.3) is 0 Å². The van der Waals surface area contributed by atoms with E-state index >= 15 is 0 Å². The van der Waals surface area contributed by atoms with Crippen molar-refractivity contribution in [3.05, 3.63) is 89.1 Å². The first kappa shape index (κ1) is 19.1. The van der Waals surface area contributed by atoms with Crippen molar-refractivity contribution < 1.29 is 9.32 Å². The molecule has 4 rings (SSSR count). The number of hydrogen-bond acceptors (Lipinski definition) is 4. The molecule has 0 aliphatic rings. The van der Waals surface area contributed by atoms with Gasteiger partial charge in [-0.25, -0.2) is 0 Å². The van der Waals surface area contributed by atoms with Gasteiger partial charge in [0.05, 0.1) is 11.4 Å². The molecule has 4 aromatic rings. The Morgan fingerprint density at radius 2 is 1.86 bits per heavy atom. The molecule has 0 amide bonds. The van der Waals surface area contributed by atoms with Crippen molar-refractivity contribution in [2.45, 2.75) is 12.2 Å². The average molecular weight is 404 g/mol. The second-order valence-electron chi connectivity index (χ2n) is 6.92. The molecule has 1 N–H and O–H groups in total. The quantitative estimate of drug-likeness (QED) is 0.553. The predicted molar refractivity (Wildman–Crippen MR) is 117 cm³/mol. The zero-order valence-corrected chi connectivity index (χ0v) is 16.9. The third-order valence-electron chi connectivity index (χ3n) is 5.08. The van der Waals surface area contributed by atoms with Crippen LogP contribution < -0.4 is 5.43 Å². The van der Waals surface area contributed by atoms with Crippen LogP contribution in [-0.4, -0.2) is 25.1 Å². The highest BCUT2D eigenvalue weighted by Gasteiger charge is 2.17. The topological polar surface area (TPSA) is 72.2 Å². The van der Waals surface area contributed by atoms with Crippen LogP contribution in [0.3, 0.4) is 0 Å². The summed E-state index contributed by atoms with van der Waals surface area (Å²) in [7, 11) is -1.17. The van der Waals surface area contributed by atoms with Crippen LogP contribution in [0.2, 0.25) is 0 Å². The maximum Gasteiger partial charge on any atom is 0.223 e. The van der Waals surface area contributed by atoms with Crippen LogP contribution in [0.4, 0.5) is 0 Å². The Morgan fingerprint density at radius 1 is 1.07 bits per heavy atom. The van der Waals surface area contributed by atoms with Gasteiger partial charge in [0.1, 0.15) is 0 Å². The number of aromatic nitrogens is 2. The third kappa shape index (κ3) is 3.59. The SMILES string of the molecule is CC(c1cc(=O)c(O)cn1-c1cccc(-c2cncc3ccccc23)c1)S(C)=O.